The fourth-order valence-electron chi connectivity index (χ4n) is 2.85. The quantitative estimate of drug-likeness (QED) is 0.855. The van der Waals surface area contributed by atoms with Crippen LogP contribution in [-0.4, -0.2) is 36.7 Å². The number of hydrogen-bond donors (Lipinski definition) is 1. The molecule has 1 heterocycles. The predicted molar refractivity (Wildman–Crippen MR) is 89.2 cm³/mol. The van der Waals surface area contributed by atoms with Gasteiger partial charge < -0.3 is 9.72 Å². The van der Waals surface area contributed by atoms with Crippen LogP contribution in [0.1, 0.15) is 24.0 Å². The van der Waals surface area contributed by atoms with Gasteiger partial charge in [0, 0.05) is 37.8 Å². The summed E-state index contributed by atoms with van der Waals surface area (Å²) in [5.74, 6) is 0.804. The Balaban J connectivity index is 1.83. The number of aromatic amines is 1. The van der Waals surface area contributed by atoms with Gasteiger partial charge in [0.05, 0.1) is 6.61 Å². The maximum absolute atomic E-state index is 12.3. The molecule has 4 heteroatoms. The number of hydrogen-bond acceptors (Lipinski definition) is 3. The number of methoxy groups -OCH3 is 1. The van der Waals surface area contributed by atoms with Crippen molar-refractivity contribution >= 4 is 10.9 Å². The summed E-state index contributed by atoms with van der Waals surface area (Å²) in [5, 5.41) is 1.10. The van der Waals surface area contributed by atoms with Crippen LogP contribution in [0.2, 0.25) is 0 Å². The number of nitrogens with one attached hydrogen (secondary N) is 1. The van der Waals surface area contributed by atoms with Crippen LogP contribution in [-0.2, 0) is 11.3 Å². The van der Waals surface area contributed by atoms with Gasteiger partial charge in [-0.25, -0.2) is 0 Å². The molecule has 1 fully saturated rings. The van der Waals surface area contributed by atoms with E-state index in [9.17, 15) is 4.79 Å². The van der Waals surface area contributed by atoms with Gasteiger partial charge in [0.1, 0.15) is 0 Å². The first-order valence-electron chi connectivity index (χ1n) is 7.99. The zero-order chi connectivity index (χ0) is 15.5. The maximum atomic E-state index is 12.3. The van der Waals surface area contributed by atoms with Gasteiger partial charge in [0.2, 0.25) is 0 Å². The Bertz CT molecular complexity index is 704. The van der Waals surface area contributed by atoms with Gasteiger partial charge in [0.15, 0.2) is 0 Å². The van der Waals surface area contributed by atoms with E-state index >= 15 is 0 Å². The minimum absolute atomic E-state index is 0.0227. The van der Waals surface area contributed by atoms with Crippen molar-refractivity contribution < 1.29 is 4.74 Å². The van der Waals surface area contributed by atoms with E-state index in [0.29, 0.717) is 13.2 Å². The third-order valence-corrected chi connectivity index (χ3v) is 4.30. The lowest BCUT2D eigenvalue weighted by molar-refractivity contribution is 0.140. The Labute approximate surface area is 131 Å². The van der Waals surface area contributed by atoms with Crippen molar-refractivity contribution in [3.8, 4) is 0 Å². The van der Waals surface area contributed by atoms with Gasteiger partial charge in [-0.3, -0.25) is 9.69 Å². The molecule has 1 aliphatic rings. The Hall–Kier alpha value is -1.65. The second-order valence-corrected chi connectivity index (χ2v) is 6.39. The third kappa shape index (κ3) is 3.76. The predicted octanol–water partition coefficient (Wildman–Crippen LogP) is 2.69. The highest BCUT2D eigenvalue weighted by molar-refractivity contribution is 5.79. The van der Waals surface area contributed by atoms with Crippen molar-refractivity contribution in [2.45, 2.75) is 26.3 Å². The largest absolute Gasteiger partial charge is 0.383 e. The molecule has 1 aromatic heterocycles. The second-order valence-electron chi connectivity index (χ2n) is 6.39. The van der Waals surface area contributed by atoms with Crippen molar-refractivity contribution in [3.05, 3.63) is 45.7 Å². The number of benzene rings is 1. The van der Waals surface area contributed by atoms with E-state index in [2.05, 4.69) is 22.9 Å². The normalized spacial score (nSPS) is 14.9. The van der Waals surface area contributed by atoms with Crippen LogP contribution >= 0.6 is 0 Å². The molecule has 0 saturated heterocycles. The number of nitrogens with zero attached hydrogens (tertiary/aromatic N) is 1. The van der Waals surface area contributed by atoms with Gasteiger partial charge in [0.25, 0.3) is 5.56 Å². The van der Waals surface area contributed by atoms with Crippen LogP contribution in [0.3, 0.4) is 0 Å². The molecule has 1 aromatic carbocycles. The topological polar surface area (TPSA) is 45.3 Å². The molecule has 0 aliphatic heterocycles. The first-order valence-corrected chi connectivity index (χ1v) is 7.99. The molecule has 0 amide bonds. The van der Waals surface area contributed by atoms with E-state index in [0.717, 1.165) is 35.5 Å². The van der Waals surface area contributed by atoms with Gasteiger partial charge >= 0.3 is 0 Å². The smallest absolute Gasteiger partial charge is 0.252 e. The highest BCUT2D eigenvalue weighted by Crippen LogP contribution is 2.30. The molecule has 0 atom stereocenters. The Morgan fingerprint density at radius 1 is 1.32 bits per heavy atom. The third-order valence-electron chi connectivity index (χ3n) is 4.30. The molecule has 1 N–H and O–H groups in total. The minimum Gasteiger partial charge on any atom is -0.383 e. The molecular formula is C18H24N2O2. The van der Waals surface area contributed by atoms with Crippen LogP contribution in [0.15, 0.2) is 29.1 Å². The molecular weight excluding hydrogens is 276 g/mol. The summed E-state index contributed by atoms with van der Waals surface area (Å²) in [6, 6.07) is 8.15. The Morgan fingerprint density at radius 2 is 2.14 bits per heavy atom. The summed E-state index contributed by atoms with van der Waals surface area (Å²) in [4.78, 5) is 17.7. The fraction of sp³-hybridized carbons (Fsp3) is 0.500. The molecule has 0 spiro atoms. The molecule has 4 nitrogen and oxygen atoms in total. The van der Waals surface area contributed by atoms with Crippen LogP contribution < -0.4 is 5.56 Å². The summed E-state index contributed by atoms with van der Waals surface area (Å²) < 4.78 is 5.20. The number of H-pyrrole nitrogens is 1. The summed E-state index contributed by atoms with van der Waals surface area (Å²) in [5.41, 5.74) is 2.98. The van der Waals surface area contributed by atoms with E-state index in [1.54, 1.807) is 7.11 Å². The monoisotopic (exact) mass is 300 g/mol. The molecule has 118 valence electrons. The van der Waals surface area contributed by atoms with E-state index < -0.39 is 0 Å². The first kappa shape index (κ1) is 15.3. The number of pyridine rings is 1. The summed E-state index contributed by atoms with van der Waals surface area (Å²) >= 11 is 0. The van der Waals surface area contributed by atoms with Crippen LogP contribution in [0.4, 0.5) is 0 Å². The molecule has 0 bridgehead atoms. The van der Waals surface area contributed by atoms with E-state index in [-0.39, 0.29) is 5.56 Å². The average molecular weight is 300 g/mol. The molecule has 22 heavy (non-hydrogen) atoms. The zero-order valence-corrected chi connectivity index (χ0v) is 13.4. The van der Waals surface area contributed by atoms with Crippen molar-refractivity contribution in [2.24, 2.45) is 5.92 Å². The Morgan fingerprint density at radius 3 is 2.86 bits per heavy atom. The molecule has 1 saturated carbocycles. The first-order chi connectivity index (χ1) is 10.7. The number of fused-ring (bicyclic) bond motifs is 1. The van der Waals surface area contributed by atoms with Gasteiger partial charge in [-0.1, -0.05) is 11.6 Å². The maximum Gasteiger partial charge on any atom is 0.252 e. The minimum atomic E-state index is 0.0227. The SMILES string of the molecule is COCCN(Cc1cc2cc(C)ccc2[nH]c1=O)CC1CC1. The van der Waals surface area contributed by atoms with Crippen LogP contribution in [0, 0.1) is 12.8 Å². The van der Waals surface area contributed by atoms with Gasteiger partial charge in [-0.2, -0.15) is 0 Å². The van der Waals surface area contributed by atoms with E-state index in [1.807, 2.05) is 18.2 Å². The van der Waals surface area contributed by atoms with Crippen molar-refractivity contribution in [3.63, 3.8) is 0 Å². The second kappa shape index (κ2) is 6.63. The summed E-state index contributed by atoms with van der Waals surface area (Å²) in [6.07, 6.45) is 2.63. The summed E-state index contributed by atoms with van der Waals surface area (Å²) in [7, 11) is 1.72. The number of rotatable bonds is 7. The Kier molecular flexibility index (Phi) is 4.60. The lowest BCUT2D eigenvalue weighted by Crippen LogP contribution is -2.31. The standard InChI is InChI=1S/C18H24N2O2/c1-13-3-6-17-15(9-13)10-16(18(21)19-17)12-20(7-8-22-2)11-14-4-5-14/h3,6,9-10,14H,4-5,7-8,11-12H2,1-2H3,(H,19,21). The number of aromatic nitrogens is 1. The molecule has 3 rings (SSSR count). The molecule has 0 unspecified atom stereocenters. The number of ether oxygens (including phenoxy) is 1. The molecule has 0 radical (unpaired) electrons. The molecule has 1 aliphatic carbocycles. The van der Waals surface area contributed by atoms with Gasteiger partial charge in [-0.05, 0) is 49.3 Å². The van der Waals surface area contributed by atoms with E-state index in [4.69, 9.17) is 4.74 Å². The lowest BCUT2D eigenvalue weighted by Gasteiger charge is -2.21. The van der Waals surface area contributed by atoms with Crippen molar-refractivity contribution in [1.29, 1.82) is 0 Å². The number of aryl methyl sites for hydroxylation is 1. The summed E-state index contributed by atoms with van der Waals surface area (Å²) in [6.45, 7) is 5.41. The lowest BCUT2D eigenvalue weighted by atomic mass is 10.1. The molecule has 2 aromatic rings. The highest BCUT2D eigenvalue weighted by atomic mass is 16.5. The van der Waals surface area contributed by atoms with Crippen LogP contribution in [0.25, 0.3) is 10.9 Å². The van der Waals surface area contributed by atoms with Crippen LogP contribution in [0.5, 0.6) is 0 Å². The average Bonchev–Trinajstić information content (AvgIpc) is 3.30. The van der Waals surface area contributed by atoms with Crippen molar-refractivity contribution in [2.75, 3.05) is 26.8 Å². The highest BCUT2D eigenvalue weighted by Gasteiger charge is 2.24. The van der Waals surface area contributed by atoms with Gasteiger partial charge in [-0.15, -0.1) is 0 Å². The zero-order valence-electron chi connectivity index (χ0n) is 13.4. The van der Waals surface area contributed by atoms with Crippen molar-refractivity contribution in [1.82, 2.24) is 9.88 Å². The van der Waals surface area contributed by atoms with E-state index in [1.165, 1.54) is 18.4 Å². The fourth-order valence-corrected chi connectivity index (χ4v) is 2.85.